The molecular weight excluding hydrogens is 458 g/mol. The molecule has 0 fully saturated rings. The lowest BCUT2D eigenvalue weighted by Gasteiger charge is -2.36. The maximum Gasteiger partial charge on any atom is 0.338 e. The topological polar surface area (TPSA) is 71.0 Å². The number of methoxy groups -OCH3 is 1. The number of benzene rings is 2. The van der Waals surface area contributed by atoms with Gasteiger partial charge in [-0.15, -0.1) is 0 Å². The summed E-state index contributed by atoms with van der Waals surface area (Å²) in [5.41, 5.74) is 3.84. The molecule has 2 aliphatic rings. The lowest BCUT2D eigenvalue weighted by molar-refractivity contribution is -0.136. The normalized spacial score (nSPS) is 17.3. The lowest BCUT2D eigenvalue weighted by atomic mass is 9.93. The zero-order valence-electron chi connectivity index (χ0n) is 18.4. The van der Waals surface area contributed by atoms with Crippen molar-refractivity contribution in [2.24, 2.45) is 4.99 Å². The number of hydrogen-bond donors (Lipinski definition) is 1. The highest BCUT2D eigenvalue weighted by molar-refractivity contribution is 8.16. The highest BCUT2D eigenvalue weighted by Crippen LogP contribution is 2.45. The van der Waals surface area contributed by atoms with Crippen LogP contribution in [-0.4, -0.2) is 29.1 Å². The van der Waals surface area contributed by atoms with E-state index in [9.17, 15) is 9.59 Å². The average Bonchev–Trinajstić information content (AvgIpc) is 3.24. The fourth-order valence-corrected chi connectivity index (χ4v) is 4.96. The molecule has 2 aliphatic heterocycles. The molecule has 0 bridgehead atoms. The number of halogens is 1. The molecule has 1 unspecified atom stereocenters. The Labute approximate surface area is 202 Å². The number of rotatable bonds is 7. The van der Waals surface area contributed by atoms with Gasteiger partial charge in [0, 0.05) is 17.3 Å². The molecule has 0 aromatic heterocycles. The summed E-state index contributed by atoms with van der Waals surface area (Å²) in [6.07, 6.45) is 0.748. The van der Waals surface area contributed by atoms with Gasteiger partial charge in [0.1, 0.15) is 0 Å². The fourth-order valence-electron chi connectivity index (χ4n) is 3.90. The average molecular weight is 482 g/mol. The Morgan fingerprint density at radius 1 is 1.15 bits per heavy atom. The molecule has 33 heavy (non-hydrogen) atoms. The van der Waals surface area contributed by atoms with E-state index in [4.69, 9.17) is 21.3 Å². The van der Waals surface area contributed by atoms with E-state index in [1.165, 1.54) is 18.9 Å². The Morgan fingerprint density at radius 3 is 2.55 bits per heavy atom. The predicted octanol–water partition coefficient (Wildman–Crippen LogP) is 5.18. The summed E-state index contributed by atoms with van der Waals surface area (Å²) < 4.78 is 5.13. The molecule has 6 nitrogen and oxygen atoms in total. The van der Waals surface area contributed by atoms with E-state index in [1.54, 1.807) is 12.1 Å². The number of carbonyl (C=O) groups is 2. The second-order valence-corrected chi connectivity index (χ2v) is 8.86. The van der Waals surface area contributed by atoms with Crippen LogP contribution in [0.15, 0.2) is 82.0 Å². The van der Waals surface area contributed by atoms with Crippen molar-refractivity contribution in [2.75, 3.05) is 7.11 Å². The summed E-state index contributed by atoms with van der Waals surface area (Å²) in [5, 5.41) is 6.25. The zero-order valence-corrected chi connectivity index (χ0v) is 19.9. The number of nitrogens with one attached hydrogen (secondary N) is 1. The molecule has 8 heteroatoms. The smallest absolute Gasteiger partial charge is 0.338 e. The van der Waals surface area contributed by atoms with Gasteiger partial charge >= 0.3 is 5.97 Å². The number of fused-ring (bicyclic) bond motifs is 1. The van der Waals surface area contributed by atoms with Crippen molar-refractivity contribution in [2.45, 2.75) is 32.4 Å². The Morgan fingerprint density at radius 2 is 1.88 bits per heavy atom. The van der Waals surface area contributed by atoms with Gasteiger partial charge in [-0.2, -0.15) is 0 Å². The first kappa shape index (κ1) is 23.1. The summed E-state index contributed by atoms with van der Waals surface area (Å²) in [5.74, 6) is -0.536. The van der Waals surface area contributed by atoms with Crippen molar-refractivity contribution in [3.63, 3.8) is 0 Å². The molecule has 0 saturated heterocycles. The standard InChI is InChI=1S/C25H24ClN3O3S/c1-3-20-22(24(31)32-2)23(17-9-11-18(26)12-10-17)29-19(15-33-25(29)28-20)13-21(30)27-14-16-7-5-4-6-8-16/h4-12,15,23H,3,13-14H2,1-2H3,(H,27,30). The Bertz CT molecular complexity index is 1140. The van der Waals surface area contributed by atoms with Gasteiger partial charge in [-0.25, -0.2) is 9.79 Å². The first-order valence-corrected chi connectivity index (χ1v) is 11.9. The van der Waals surface area contributed by atoms with Crippen molar-refractivity contribution < 1.29 is 14.3 Å². The maximum atomic E-state index is 12.9. The molecule has 2 aromatic carbocycles. The van der Waals surface area contributed by atoms with Crippen molar-refractivity contribution in [3.05, 3.63) is 93.1 Å². The SMILES string of the molecule is CCC1=C(C(=O)OC)C(c2ccc(Cl)cc2)N2C(CC(=O)NCc3ccccc3)=CSC2=N1. The van der Waals surface area contributed by atoms with Crippen molar-refractivity contribution >= 4 is 40.4 Å². The van der Waals surface area contributed by atoms with E-state index >= 15 is 0 Å². The van der Waals surface area contributed by atoms with Crippen LogP contribution in [0.5, 0.6) is 0 Å². The Balaban J connectivity index is 1.63. The van der Waals surface area contributed by atoms with Crippen LogP contribution in [0.4, 0.5) is 0 Å². The highest BCUT2D eigenvalue weighted by Gasteiger charge is 2.41. The molecule has 2 heterocycles. The molecule has 1 amide bonds. The second kappa shape index (κ2) is 10.3. The number of amides is 1. The second-order valence-electron chi connectivity index (χ2n) is 7.59. The van der Waals surface area contributed by atoms with Crippen molar-refractivity contribution in [1.82, 2.24) is 10.2 Å². The molecule has 2 aromatic rings. The molecule has 0 aliphatic carbocycles. The molecule has 1 N–H and O–H groups in total. The lowest BCUT2D eigenvalue weighted by Crippen LogP contribution is -2.38. The first-order valence-electron chi connectivity index (χ1n) is 10.6. The molecule has 0 saturated carbocycles. The fraction of sp³-hybridized carbons (Fsp3) is 0.240. The van der Waals surface area contributed by atoms with E-state index in [2.05, 4.69) is 5.32 Å². The minimum atomic E-state index is -0.458. The van der Waals surface area contributed by atoms with Crippen LogP contribution < -0.4 is 5.32 Å². The number of aliphatic imine (C=N–C) groups is 1. The van der Waals surface area contributed by atoms with Gasteiger partial charge in [0.05, 0.1) is 30.8 Å². The first-order chi connectivity index (χ1) is 16.0. The van der Waals surface area contributed by atoms with Crippen LogP contribution in [0.1, 0.15) is 36.9 Å². The van der Waals surface area contributed by atoms with Gasteiger partial charge in [-0.3, -0.25) is 4.79 Å². The number of thioether (sulfide) groups is 1. The number of hydrogen-bond acceptors (Lipinski definition) is 6. The van der Waals surface area contributed by atoms with Crippen LogP contribution in [0, 0.1) is 0 Å². The van der Waals surface area contributed by atoms with Crippen molar-refractivity contribution in [1.29, 1.82) is 0 Å². The van der Waals surface area contributed by atoms with Gasteiger partial charge in [-0.1, -0.05) is 72.8 Å². The quantitative estimate of drug-likeness (QED) is 0.551. The van der Waals surface area contributed by atoms with Gasteiger partial charge in [0.25, 0.3) is 0 Å². The van der Waals surface area contributed by atoms with Crippen LogP contribution >= 0.6 is 23.4 Å². The Kier molecular flexibility index (Phi) is 7.20. The minimum Gasteiger partial charge on any atom is -0.466 e. The predicted molar refractivity (Wildman–Crippen MR) is 131 cm³/mol. The van der Waals surface area contributed by atoms with Gasteiger partial charge in [0.2, 0.25) is 5.91 Å². The molecule has 4 rings (SSSR count). The number of esters is 1. The summed E-state index contributed by atoms with van der Waals surface area (Å²) in [6, 6.07) is 16.7. The van der Waals surface area contributed by atoms with Crippen LogP contribution in [-0.2, 0) is 20.9 Å². The van der Waals surface area contributed by atoms with Crippen LogP contribution in [0.2, 0.25) is 5.02 Å². The molecule has 170 valence electrons. The summed E-state index contributed by atoms with van der Waals surface area (Å²) in [7, 11) is 1.37. The summed E-state index contributed by atoms with van der Waals surface area (Å²) >= 11 is 7.57. The largest absolute Gasteiger partial charge is 0.466 e. The zero-order chi connectivity index (χ0) is 23.4. The van der Waals surface area contributed by atoms with E-state index < -0.39 is 12.0 Å². The van der Waals surface area contributed by atoms with E-state index in [-0.39, 0.29) is 12.3 Å². The number of carbonyl (C=O) groups excluding carboxylic acids is 2. The summed E-state index contributed by atoms with van der Waals surface area (Å²) in [6.45, 7) is 2.41. The van der Waals surface area contributed by atoms with Gasteiger partial charge < -0.3 is 15.0 Å². The number of allylic oxidation sites excluding steroid dienone is 1. The highest BCUT2D eigenvalue weighted by atomic mass is 35.5. The third-order valence-corrected chi connectivity index (χ3v) is 6.63. The van der Waals surface area contributed by atoms with Gasteiger partial charge in [0.15, 0.2) is 5.17 Å². The third kappa shape index (κ3) is 4.99. The summed E-state index contributed by atoms with van der Waals surface area (Å²) in [4.78, 5) is 32.3. The molecule has 0 radical (unpaired) electrons. The Hall–Kier alpha value is -3.03. The molecular formula is C25H24ClN3O3S. The van der Waals surface area contributed by atoms with E-state index in [1.807, 2.05) is 59.7 Å². The van der Waals surface area contributed by atoms with Crippen molar-refractivity contribution in [3.8, 4) is 0 Å². The van der Waals surface area contributed by atoms with Crippen LogP contribution in [0.25, 0.3) is 0 Å². The monoisotopic (exact) mass is 481 g/mol. The minimum absolute atomic E-state index is 0.105. The third-order valence-electron chi connectivity index (χ3n) is 5.49. The molecule has 0 spiro atoms. The molecule has 1 atom stereocenters. The maximum absolute atomic E-state index is 12.9. The number of nitrogens with zero attached hydrogens (tertiary/aromatic N) is 2. The van der Waals surface area contributed by atoms with E-state index in [0.717, 1.165) is 22.0 Å². The van der Waals surface area contributed by atoms with Gasteiger partial charge in [-0.05, 0) is 35.1 Å². The van der Waals surface area contributed by atoms with Crippen LogP contribution in [0.3, 0.4) is 0 Å². The van der Waals surface area contributed by atoms with E-state index in [0.29, 0.717) is 29.3 Å². The number of amidine groups is 1. The number of ether oxygens (including phenoxy) is 1.